The van der Waals surface area contributed by atoms with Gasteiger partial charge in [0.15, 0.2) is 0 Å². The Bertz CT molecular complexity index is 568. The molecule has 23 heavy (non-hydrogen) atoms. The highest BCUT2D eigenvalue weighted by Gasteiger charge is 2.39. The van der Waals surface area contributed by atoms with Gasteiger partial charge in [-0.25, -0.2) is 0 Å². The van der Waals surface area contributed by atoms with Crippen molar-refractivity contribution in [2.24, 2.45) is 0 Å². The fraction of sp³-hybridized carbons (Fsp3) is 0.750. The molecule has 3 heterocycles. The van der Waals surface area contributed by atoms with Gasteiger partial charge in [-0.1, -0.05) is 0 Å². The third-order valence-corrected chi connectivity index (χ3v) is 6.05. The molecule has 0 saturated carbocycles. The first-order valence-electron chi connectivity index (χ1n) is 8.26. The predicted octanol–water partition coefficient (Wildman–Crippen LogP) is 1.53. The average molecular weight is 335 g/mol. The van der Waals surface area contributed by atoms with Crippen LogP contribution in [-0.2, 0) is 4.74 Å². The molecule has 0 aromatic carbocycles. The number of aryl methyl sites for hydroxylation is 1. The maximum Gasteiger partial charge on any atom is 0.127 e. The molecule has 1 N–H and O–H groups in total. The number of ether oxygens (including phenoxy) is 1. The number of nitrogens with one attached hydrogen (secondary N) is 1. The minimum atomic E-state index is 0.154. The molecule has 0 atom stereocenters. The Labute approximate surface area is 142 Å². The summed E-state index contributed by atoms with van der Waals surface area (Å²) in [4.78, 5) is 4.99. The summed E-state index contributed by atoms with van der Waals surface area (Å²) in [7, 11) is 2.19. The van der Waals surface area contributed by atoms with Gasteiger partial charge in [0.05, 0.1) is 18.9 Å². The van der Waals surface area contributed by atoms with Crippen LogP contribution in [0.4, 0.5) is 5.00 Å². The first-order chi connectivity index (χ1) is 11.1. The number of nitriles is 1. The summed E-state index contributed by atoms with van der Waals surface area (Å²) in [5.74, 6) is 0. The Hall–Kier alpha value is -1.20. The highest BCUT2D eigenvalue weighted by Crippen LogP contribution is 2.31. The Kier molecular flexibility index (Phi) is 5.17. The number of piperidine rings is 1. The maximum absolute atomic E-state index is 9.32. The van der Waals surface area contributed by atoms with E-state index in [2.05, 4.69) is 32.6 Å². The van der Waals surface area contributed by atoms with E-state index >= 15 is 0 Å². The standard InChI is InChI=1S/C16H25N5OS/c1-13-14(11-17)15(23-19-13)18-12-16(3-5-20(2)6-4-16)21-7-9-22-10-8-21/h18H,3-10,12H2,1-2H3. The van der Waals surface area contributed by atoms with Crippen molar-refractivity contribution >= 4 is 16.5 Å². The highest BCUT2D eigenvalue weighted by atomic mass is 32.1. The van der Waals surface area contributed by atoms with Gasteiger partial charge >= 0.3 is 0 Å². The van der Waals surface area contributed by atoms with Gasteiger partial charge in [0.1, 0.15) is 16.6 Å². The highest BCUT2D eigenvalue weighted by molar-refractivity contribution is 7.10. The van der Waals surface area contributed by atoms with Gasteiger partial charge in [0.2, 0.25) is 0 Å². The van der Waals surface area contributed by atoms with Gasteiger partial charge < -0.3 is 15.0 Å². The molecule has 2 saturated heterocycles. The summed E-state index contributed by atoms with van der Waals surface area (Å²) >= 11 is 1.40. The van der Waals surface area contributed by atoms with Crippen LogP contribution in [0.3, 0.4) is 0 Å². The van der Waals surface area contributed by atoms with E-state index in [4.69, 9.17) is 4.74 Å². The van der Waals surface area contributed by atoms with Crippen LogP contribution in [-0.4, -0.2) is 72.7 Å². The number of anilines is 1. The zero-order chi connectivity index (χ0) is 16.3. The summed E-state index contributed by atoms with van der Waals surface area (Å²) in [6.07, 6.45) is 2.30. The molecule has 2 aliphatic heterocycles. The van der Waals surface area contributed by atoms with Gasteiger partial charge in [-0.05, 0) is 51.4 Å². The van der Waals surface area contributed by atoms with Crippen molar-refractivity contribution in [1.82, 2.24) is 14.2 Å². The van der Waals surface area contributed by atoms with Crippen LogP contribution in [0.1, 0.15) is 24.1 Å². The number of aromatic nitrogens is 1. The molecule has 6 nitrogen and oxygen atoms in total. The van der Waals surface area contributed by atoms with Gasteiger partial charge in [-0.2, -0.15) is 9.64 Å². The average Bonchev–Trinajstić information content (AvgIpc) is 2.95. The molecule has 2 fully saturated rings. The van der Waals surface area contributed by atoms with Gasteiger partial charge in [0.25, 0.3) is 0 Å². The van der Waals surface area contributed by atoms with Gasteiger partial charge in [0, 0.05) is 25.2 Å². The molecule has 0 bridgehead atoms. The largest absolute Gasteiger partial charge is 0.379 e. The number of likely N-dealkylation sites (tertiary alicyclic amines) is 1. The molecular weight excluding hydrogens is 310 g/mol. The van der Waals surface area contributed by atoms with Gasteiger partial charge in [-0.15, -0.1) is 0 Å². The molecule has 1 aromatic heterocycles. The third-order valence-electron chi connectivity index (χ3n) is 5.15. The zero-order valence-electron chi connectivity index (χ0n) is 14.0. The minimum absolute atomic E-state index is 0.154. The summed E-state index contributed by atoms with van der Waals surface area (Å²) < 4.78 is 9.85. The Morgan fingerprint density at radius 2 is 2.00 bits per heavy atom. The topological polar surface area (TPSA) is 64.4 Å². The third kappa shape index (κ3) is 3.50. The second-order valence-electron chi connectivity index (χ2n) is 6.56. The lowest BCUT2D eigenvalue weighted by Gasteiger charge is -2.49. The fourth-order valence-electron chi connectivity index (χ4n) is 3.54. The number of nitrogens with zero attached hydrogens (tertiary/aromatic N) is 4. The normalized spacial score (nSPS) is 22.7. The van der Waals surface area contributed by atoms with E-state index in [9.17, 15) is 5.26 Å². The molecule has 0 unspecified atom stereocenters. The molecule has 0 spiro atoms. The molecule has 3 rings (SSSR count). The summed E-state index contributed by atoms with van der Waals surface area (Å²) in [5, 5.41) is 13.8. The van der Waals surface area contributed by atoms with Crippen LogP contribution in [0.15, 0.2) is 0 Å². The van der Waals surface area contributed by atoms with Crippen molar-refractivity contribution in [2.45, 2.75) is 25.3 Å². The second kappa shape index (κ2) is 7.14. The van der Waals surface area contributed by atoms with E-state index in [1.165, 1.54) is 11.5 Å². The first-order valence-corrected chi connectivity index (χ1v) is 9.03. The van der Waals surface area contributed by atoms with Crippen molar-refractivity contribution in [3.8, 4) is 6.07 Å². The monoisotopic (exact) mass is 335 g/mol. The van der Waals surface area contributed by atoms with E-state index < -0.39 is 0 Å². The van der Waals surface area contributed by atoms with Crippen molar-refractivity contribution in [1.29, 1.82) is 5.26 Å². The lowest BCUT2D eigenvalue weighted by molar-refractivity contribution is -0.0395. The number of hydrogen-bond donors (Lipinski definition) is 1. The van der Waals surface area contributed by atoms with E-state index in [0.29, 0.717) is 5.56 Å². The van der Waals surface area contributed by atoms with Crippen molar-refractivity contribution < 1.29 is 4.74 Å². The fourth-order valence-corrected chi connectivity index (χ4v) is 4.28. The smallest absolute Gasteiger partial charge is 0.127 e. The zero-order valence-corrected chi connectivity index (χ0v) is 14.8. The van der Waals surface area contributed by atoms with Crippen molar-refractivity contribution in [2.75, 3.05) is 58.3 Å². The van der Waals surface area contributed by atoms with Crippen LogP contribution in [0.2, 0.25) is 0 Å². The SMILES string of the molecule is Cc1nsc(NCC2(N3CCOCC3)CCN(C)CC2)c1C#N. The molecular formula is C16H25N5OS. The van der Waals surface area contributed by atoms with Crippen LogP contribution in [0.5, 0.6) is 0 Å². The second-order valence-corrected chi connectivity index (χ2v) is 7.34. The number of morpholine rings is 1. The maximum atomic E-state index is 9.32. The summed E-state index contributed by atoms with van der Waals surface area (Å²) in [6, 6.07) is 2.27. The van der Waals surface area contributed by atoms with E-state index in [1.807, 2.05) is 6.92 Å². The molecule has 1 aromatic rings. The minimum Gasteiger partial charge on any atom is -0.379 e. The van der Waals surface area contributed by atoms with E-state index in [0.717, 1.165) is 69.5 Å². The first kappa shape index (κ1) is 16.7. The molecule has 7 heteroatoms. The molecule has 0 radical (unpaired) electrons. The summed E-state index contributed by atoms with van der Waals surface area (Å²) in [5.41, 5.74) is 1.67. The quantitative estimate of drug-likeness (QED) is 0.900. The molecule has 126 valence electrons. The van der Waals surface area contributed by atoms with E-state index in [1.54, 1.807) is 0 Å². The van der Waals surface area contributed by atoms with Crippen molar-refractivity contribution in [3.63, 3.8) is 0 Å². The van der Waals surface area contributed by atoms with Crippen LogP contribution >= 0.6 is 11.5 Å². The molecule has 0 aliphatic carbocycles. The Morgan fingerprint density at radius 1 is 1.30 bits per heavy atom. The Balaban J connectivity index is 1.74. The lowest BCUT2D eigenvalue weighted by Crippen LogP contribution is -2.61. The van der Waals surface area contributed by atoms with Crippen LogP contribution < -0.4 is 5.32 Å². The van der Waals surface area contributed by atoms with Crippen molar-refractivity contribution in [3.05, 3.63) is 11.3 Å². The Morgan fingerprint density at radius 3 is 2.65 bits per heavy atom. The van der Waals surface area contributed by atoms with Crippen LogP contribution in [0.25, 0.3) is 0 Å². The van der Waals surface area contributed by atoms with Gasteiger partial charge in [-0.3, -0.25) is 4.90 Å². The summed E-state index contributed by atoms with van der Waals surface area (Å²) in [6.45, 7) is 8.64. The number of rotatable bonds is 4. The molecule has 2 aliphatic rings. The van der Waals surface area contributed by atoms with Crippen LogP contribution in [0, 0.1) is 18.3 Å². The number of hydrogen-bond acceptors (Lipinski definition) is 7. The van der Waals surface area contributed by atoms with E-state index in [-0.39, 0.29) is 5.54 Å². The predicted molar refractivity (Wildman–Crippen MR) is 91.9 cm³/mol. The lowest BCUT2D eigenvalue weighted by atomic mass is 9.85. The molecule has 0 amide bonds.